The van der Waals surface area contributed by atoms with Gasteiger partial charge in [-0.2, -0.15) is 0 Å². The number of benzene rings is 1. The number of amides is 1. The largest absolute Gasteiger partial charge is 0.493 e. The zero-order valence-corrected chi connectivity index (χ0v) is 15.6. The number of hydrogen-bond acceptors (Lipinski definition) is 6. The van der Waals surface area contributed by atoms with Crippen LogP contribution in [-0.4, -0.2) is 50.6 Å². The lowest BCUT2D eigenvalue weighted by molar-refractivity contribution is -0.117. The van der Waals surface area contributed by atoms with Gasteiger partial charge in [0.25, 0.3) is 0 Å². The summed E-state index contributed by atoms with van der Waals surface area (Å²) in [5, 5.41) is 11.5. The average Bonchev–Trinajstić information content (AvgIpc) is 3.43. The Kier molecular flexibility index (Phi) is 4.34. The normalized spacial score (nSPS) is 15.8. The molecule has 148 valence electrons. The highest BCUT2D eigenvalue weighted by Gasteiger charge is 2.20. The summed E-state index contributed by atoms with van der Waals surface area (Å²) in [5.74, 6) is 1.02. The number of anilines is 1. The van der Waals surface area contributed by atoms with Gasteiger partial charge in [0, 0.05) is 48.9 Å². The highest BCUT2D eigenvalue weighted by Crippen LogP contribution is 2.31. The number of nitrogens with zero attached hydrogens (tertiary/aromatic N) is 5. The summed E-state index contributed by atoms with van der Waals surface area (Å²) in [7, 11) is 0. The van der Waals surface area contributed by atoms with E-state index < -0.39 is 0 Å². The summed E-state index contributed by atoms with van der Waals surface area (Å²) in [6.45, 7) is 2.09. The first-order valence-corrected chi connectivity index (χ1v) is 9.49. The van der Waals surface area contributed by atoms with Crippen LogP contribution in [0.1, 0.15) is 23.1 Å². The van der Waals surface area contributed by atoms with Gasteiger partial charge in [0.1, 0.15) is 17.9 Å². The molecule has 2 aliphatic heterocycles. The number of hydrogen-bond donors (Lipinski definition) is 1. The van der Waals surface area contributed by atoms with E-state index in [0.29, 0.717) is 43.3 Å². The number of carbonyl (C=O) groups is 1. The van der Waals surface area contributed by atoms with Gasteiger partial charge in [-0.1, -0.05) is 6.08 Å². The zero-order chi connectivity index (χ0) is 19.8. The lowest BCUT2D eigenvalue weighted by atomic mass is 10.0. The van der Waals surface area contributed by atoms with Crippen molar-refractivity contribution in [3.8, 4) is 5.75 Å². The molecule has 0 unspecified atom stereocenters. The lowest BCUT2D eigenvalue weighted by Gasteiger charge is -2.22. The van der Waals surface area contributed by atoms with Crippen LogP contribution in [0.5, 0.6) is 5.75 Å². The Morgan fingerprint density at radius 3 is 3.07 bits per heavy atom. The van der Waals surface area contributed by atoms with Crippen molar-refractivity contribution in [2.45, 2.75) is 19.4 Å². The lowest BCUT2D eigenvalue weighted by Crippen LogP contribution is -2.26. The summed E-state index contributed by atoms with van der Waals surface area (Å²) >= 11 is 0. The number of aromatic nitrogens is 4. The number of nitrogens with one attached hydrogen (secondary N) is 1. The minimum Gasteiger partial charge on any atom is -0.493 e. The molecule has 8 nitrogen and oxygen atoms in total. The molecule has 0 saturated heterocycles. The fraction of sp³-hybridized carbons (Fsp3) is 0.300. The van der Waals surface area contributed by atoms with Crippen LogP contribution in [0, 0.1) is 5.82 Å². The van der Waals surface area contributed by atoms with E-state index in [1.807, 2.05) is 6.08 Å². The molecule has 2 aliphatic rings. The van der Waals surface area contributed by atoms with E-state index in [4.69, 9.17) is 4.74 Å². The summed E-state index contributed by atoms with van der Waals surface area (Å²) in [5.41, 5.74) is 4.15. The van der Waals surface area contributed by atoms with Crippen LogP contribution < -0.4 is 10.1 Å². The molecular weight excluding hydrogens is 375 g/mol. The highest BCUT2D eigenvalue weighted by molar-refractivity contribution is 5.77. The van der Waals surface area contributed by atoms with Crippen molar-refractivity contribution in [1.29, 1.82) is 0 Å². The smallest absolute Gasteiger partial charge is 0.210 e. The Hall–Kier alpha value is -3.49. The molecule has 3 aromatic rings. The molecule has 4 heterocycles. The van der Waals surface area contributed by atoms with E-state index in [0.717, 1.165) is 35.3 Å². The molecule has 1 N–H and O–H groups in total. The van der Waals surface area contributed by atoms with Gasteiger partial charge in [0.2, 0.25) is 12.4 Å². The van der Waals surface area contributed by atoms with Crippen molar-refractivity contribution in [3.63, 3.8) is 0 Å². The zero-order valence-electron chi connectivity index (χ0n) is 15.6. The summed E-state index contributed by atoms with van der Waals surface area (Å²) < 4.78 is 21.7. The van der Waals surface area contributed by atoms with Crippen LogP contribution in [-0.2, 0) is 17.8 Å². The third-order valence-electron chi connectivity index (χ3n) is 5.43. The molecule has 9 heteroatoms. The van der Waals surface area contributed by atoms with Crippen molar-refractivity contribution in [2.24, 2.45) is 0 Å². The maximum absolute atomic E-state index is 14.4. The predicted octanol–water partition coefficient (Wildman–Crippen LogP) is 2.06. The van der Waals surface area contributed by atoms with Gasteiger partial charge in [0.15, 0.2) is 5.65 Å². The molecular formula is C20H19FN6O2. The first-order valence-electron chi connectivity index (χ1n) is 9.49. The molecule has 0 radical (unpaired) electrons. The molecule has 1 amide bonds. The maximum atomic E-state index is 14.4. The first-order chi connectivity index (χ1) is 14.2. The Morgan fingerprint density at radius 1 is 1.31 bits per heavy atom. The van der Waals surface area contributed by atoms with E-state index in [2.05, 4.69) is 20.5 Å². The fourth-order valence-corrected chi connectivity index (χ4v) is 3.88. The second-order valence-corrected chi connectivity index (χ2v) is 7.05. The quantitative estimate of drug-likeness (QED) is 0.667. The van der Waals surface area contributed by atoms with Crippen molar-refractivity contribution >= 4 is 23.6 Å². The SMILES string of the molecule is O=CN1CC=C(c2cnc(NCc3c(F)ccc4c3CCO4)n3cnnc23)CC1. The Labute approximate surface area is 166 Å². The third kappa shape index (κ3) is 3.08. The van der Waals surface area contributed by atoms with Crippen molar-refractivity contribution in [3.05, 3.63) is 53.2 Å². The van der Waals surface area contributed by atoms with Crippen LogP contribution >= 0.6 is 0 Å². The van der Waals surface area contributed by atoms with Crippen molar-refractivity contribution < 1.29 is 13.9 Å². The average molecular weight is 394 g/mol. The van der Waals surface area contributed by atoms with E-state index in [-0.39, 0.29) is 12.4 Å². The van der Waals surface area contributed by atoms with E-state index in [1.54, 1.807) is 27.9 Å². The summed E-state index contributed by atoms with van der Waals surface area (Å²) in [6, 6.07) is 3.11. The van der Waals surface area contributed by atoms with Crippen LogP contribution in [0.4, 0.5) is 10.3 Å². The highest BCUT2D eigenvalue weighted by atomic mass is 19.1. The second kappa shape index (κ2) is 7.16. The third-order valence-corrected chi connectivity index (χ3v) is 5.43. The second-order valence-electron chi connectivity index (χ2n) is 7.05. The molecule has 0 bridgehead atoms. The van der Waals surface area contributed by atoms with Crippen LogP contribution in [0.3, 0.4) is 0 Å². The Morgan fingerprint density at radius 2 is 2.24 bits per heavy atom. The van der Waals surface area contributed by atoms with Gasteiger partial charge in [-0.15, -0.1) is 10.2 Å². The standard InChI is InChI=1S/C20H19FN6O2/c21-17-1-2-18-14(5-8-29-18)16(17)10-23-20-22-9-15(19-25-24-11-27(19)20)13-3-6-26(12-28)7-4-13/h1-3,9,11-12H,4-8,10H2,(H,22,23). The molecule has 2 aromatic heterocycles. The molecule has 5 rings (SSSR count). The minimum atomic E-state index is -0.259. The van der Waals surface area contributed by atoms with Gasteiger partial charge in [-0.3, -0.25) is 9.20 Å². The molecule has 0 spiro atoms. The Balaban J connectivity index is 1.43. The fourth-order valence-electron chi connectivity index (χ4n) is 3.88. The van der Waals surface area contributed by atoms with Crippen LogP contribution in [0.2, 0.25) is 0 Å². The van der Waals surface area contributed by atoms with Gasteiger partial charge >= 0.3 is 0 Å². The molecule has 0 fully saturated rings. The Bertz CT molecular complexity index is 1130. The predicted molar refractivity (Wildman–Crippen MR) is 104 cm³/mol. The number of halogens is 1. The number of carbonyl (C=O) groups excluding carboxylic acids is 1. The van der Waals surface area contributed by atoms with Gasteiger partial charge in [-0.05, 0) is 24.1 Å². The number of rotatable bonds is 5. The van der Waals surface area contributed by atoms with Gasteiger partial charge in [-0.25, -0.2) is 9.37 Å². The van der Waals surface area contributed by atoms with E-state index in [1.165, 1.54) is 6.07 Å². The first kappa shape index (κ1) is 17.6. The molecule has 0 aliphatic carbocycles. The monoisotopic (exact) mass is 394 g/mol. The molecule has 0 atom stereocenters. The van der Waals surface area contributed by atoms with Crippen LogP contribution in [0.15, 0.2) is 30.7 Å². The van der Waals surface area contributed by atoms with Crippen molar-refractivity contribution in [1.82, 2.24) is 24.5 Å². The molecule has 1 aromatic carbocycles. The molecule has 0 saturated carbocycles. The summed E-state index contributed by atoms with van der Waals surface area (Å²) in [6.07, 6.45) is 7.64. The molecule has 29 heavy (non-hydrogen) atoms. The number of ether oxygens (including phenoxy) is 1. The maximum Gasteiger partial charge on any atom is 0.210 e. The van der Waals surface area contributed by atoms with Crippen molar-refractivity contribution in [2.75, 3.05) is 25.0 Å². The van der Waals surface area contributed by atoms with E-state index >= 15 is 0 Å². The van der Waals surface area contributed by atoms with Gasteiger partial charge in [0.05, 0.1) is 6.61 Å². The summed E-state index contributed by atoms with van der Waals surface area (Å²) in [4.78, 5) is 17.2. The number of fused-ring (bicyclic) bond motifs is 2. The minimum absolute atomic E-state index is 0.259. The van der Waals surface area contributed by atoms with Crippen LogP contribution in [0.25, 0.3) is 11.2 Å². The van der Waals surface area contributed by atoms with E-state index in [9.17, 15) is 9.18 Å². The van der Waals surface area contributed by atoms with Gasteiger partial charge < -0.3 is 15.0 Å². The topological polar surface area (TPSA) is 84.7 Å².